The summed E-state index contributed by atoms with van der Waals surface area (Å²) in [5.74, 6) is 1.14. The fourth-order valence-corrected chi connectivity index (χ4v) is 3.45. The minimum absolute atomic E-state index is 0.0562. The van der Waals surface area contributed by atoms with Gasteiger partial charge in [0.25, 0.3) is 0 Å². The molecule has 2 N–H and O–H groups in total. The molecule has 0 saturated carbocycles. The second kappa shape index (κ2) is 6.76. The lowest BCUT2D eigenvalue weighted by molar-refractivity contribution is 0.187. The lowest BCUT2D eigenvalue weighted by Gasteiger charge is -2.21. The number of rotatable bonds is 6. The molecule has 1 saturated heterocycles. The molecule has 2 rings (SSSR count). The number of nitrogens with one attached hydrogen (secondary N) is 2. The van der Waals surface area contributed by atoms with Crippen molar-refractivity contribution in [1.82, 2.24) is 14.3 Å². The third-order valence-corrected chi connectivity index (χ3v) is 5.55. The van der Waals surface area contributed by atoms with Crippen molar-refractivity contribution in [3.05, 3.63) is 11.8 Å². The van der Waals surface area contributed by atoms with Crippen molar-refractivity contribution in [3.8, 4) is 0 Å². The molecule has 2 atom stereocenters. The Bertz CT molecular complexity index is 620. The monoisotopic (exact) mass is 329 g/mol. The molecule has 0 radical (unpaired) electrons. The van der Waals surface area contributed by atoms with Gasteiger partial charge in [0.1, 0.15) is 5.82 Å². The van der Waals surface area contributed by atoms with Crippen LogP contribution in [-0.4, -0.2) is 68.8 Å². The number of sulfonamides is 1. The predicted octanol–water partition coefficient (Wildman–Crippen LogP) is 0.145. The second-order valence-corrected chi connectivity index (χ2v) is 7.80. The van der Waals surface area contributed by atoms with Crippen LogP contribution < -0.4 is 10.6 Å². The van der Waals surface area contributed by atoms with Crippen LogP contribution >= 0.6 is 0 Å². The molecule has 1 aliphatic heterocycles. The Morgan fingerprint density at radius 3 is 2.73 bits per heavy atom. The molecular weight excluding hydrogens is 306 g/mol. The van der Waals surface area contributed by atoms with Gasteiger partial charge in [-0.3, -0.25) is 0 Å². The van der Waals surface area contributed by atoms with E-state index < -0.39 is 10.0 Å². The lowest BCUT2D eigenvalue weighted by Crippen LogP contribution is -2.37. The first-order valence-electron chi connectivity index (χ1n) is 7.09. The van der Waals surface area contributed by atoms with Gasteiger partial charge in [-0.2, -0.15) is 4.98 Å². The fraction of sp³-hybridized carbons (Fsp3) is 0.692. The number of aryl methyl sites for hydroxylation is 1. The van der Waals surface area contributed by atoms with Crippen LogP contribution in [0.5, 0.6) is 0 Å². The Hall–Kier alpha value is -1.45. The first-order chi connectivity index (χ1) is 10.3. The number of aromatic nitrogens is 2. The Kier molecular flexibility index (Phi) is 5.20. The SMILES string of the molecule is CNc1nc(C)cc(N[C@@H]2COC[C@H]2CS(=O)(=O)N(C)C)n1. The number of hydrogen-bond acceptors (Lipinski definition) is 7. The van der Waals surface area contributed by atoms with E-state index in [1.165, 1.54) is 4.31 Å². The highest BCUT2D eigenvalue weighted by atomic mass is 32.2. The summed E-state index contributed by atoms with van der Waals surface area (Å²) in [6.45, 7) is 2.77. The summed E-state index contributed by atoms with van der Waals surface area (Å²) in [6, 6.07) is 1.74. The molecule has 0 bridgehead atoms. The van der Waals surface area contributed by atoms with Gasteiger partial charge >= 0.3 is 0 Å². The molecular formula is C13H23N5O3S. The van der Waals surface area contributed by atoms with Crippen LogP contribution in [0.3, 0.4) is 0 Å². The summed E-state index contributed by atoms with van der Waals surface area (Å²) < 4.78 is 30.8. The van der Waals surface area contributed by atoms with Crippen LogP contribution in [0.15, 0.2) is 6.07 Å². The highest BCUT2D eigenvalue weighted by Gasteiger charge is 2.33. The average molecular weight is 329 g/mol. The van der Waals surface area contributed by atoms with Crippen molar-refractivity contribution in [3.63, 3.8) is 0 Å². The highest BCUT2D eigenvalue weighted by Crippen LogP contribution is 2.21. The van der Waals surface area contributed by atoms with Gasteiger partial charge in [0.2, 0.25) is 16.0 Å². The van der Waals surface area contributed by atoms with Crippen molar-refractivity contribution in [1.29, 1.82) is 0 Å². The molecule has 8 nitrogen and oxygen atoms in total. The van der Waals surface area contributed by atoms with Crippen LogP contribution in [0.1, 0.15) is 5.69 Å². The molecule has 22 heavy (non-hydrogen) atoms. The van der Waals surface area contributed by atoms with Crippen molar-refractivity contribution in [2.24, 2.45) is 5.92 Å². The smallest absolute Gasteiger partial charge is 0.224 e. The van der Waals surface area contributed by atoms with E-state index in [0.29, 0.717) is 25.0 Å². The van der Waals surface area contributed by atoms with Gasteiger partial charge in [0.05, 0.1) is 25.0 Å². The molecule has 0 spiro atoms. The standard InChI is InChI=1S/C13H23N5O3S/c1-9-5-12(17-13(14-2)15-9)16-11-7-21-6-10(11)8-22(19,20)18(3)4/h5,10-11H,6-8H2,1-4H3,(H2,14,15,16,17)/t10-,11+/m0/s1. The van der Waals surface area contributed by atoms with Crippen LogP contribution in [-0.2, 0) is 14.8 Å². The van der Waals surface area contributed by atoms with Crippen molar-refractivity contribution < 1.29 is 13.2 Å². The Balaban J connectivity index is 2.10. The maximum absolute atomic E-state index is 12.0. The topological polar surface area (TPSA) is 96.5 Å². The van der Waals surface area contributed by atoms with Crippen molar-refractivity contribution in [2.75, 3.05) is 50.7 Å². The van der Waals surface area contributed by atoms with Crippen molar-refractivity contribution >= 4 is 21.8 Å². The molecule has 0 aliphatic carbocycles. The summed E-state index contributed by atoms with van der Waals surface area (Å²) >= 11 is 0. The molecule has 0 amide bonds. The zero-order valence-electron chi connectivity index (χ0n) is 13.3. The van der Waals surface area contributed by atoms with E-state index in [2.05, 4.69) is 20.6 Å². The third-order valence-electron chi connectivity index (χ3n) is 3.59. The summed E-state index contributed by atoms with van der Waals surface area (Å²) in [6.07, 6.45) is 0. The van der Waals surface area contributed by atoms with Gasteiger partial charge < -0.3 is 15.4 Å². The largest absolute Gasteiger partial charge is 0.379 e. The van der Waals surface area contributed by atoms with Gasteiger partial charge in [-0.15, -0.1) is 0 Å². The van der Waals surface area contributed by atoms with E-state index in [1.54, 1.807) is 21.1 Å². The average Bonchev–Trinajstić information content (AvgIpc) is 2.84. The molecule has 0 aromatic carbocycles. The quantitative estimate of drug-likeness (QED) is 0.766. The number of hydrogen-bond donors (Lipinski definition) is 2. The van der Waals surface area contributed by atoms with E-state index in [0.717, 1.165) is 5.69 Å². The fourth-order valence-electron chi connectivity index (χ4n) is 2.29. The Labute approximate surface area is 131 Å². The second-order valence-electron chi connectivity index (χ2n) is 5.58. The summed E-state index contributed by atoms with van der Waals surface area (Å²) in [5.41, 5.74) is 0.832. The highest BCUT2D eigenvalue weighted by molar-refractivity contribution is 7.89. The van der Waals surface area contributed by atoms with Crippen LogP contribution in [0.25, 0.3) is 0 Å². The van der Waals surface area contributed by atoms with Gasteiger partial charge in [0.15, 0.2) is 0 Å². The van der Waals surface area contributed by atoms with Crippen molar-refractivity contribution in [2.45, 2.75) is 13.0 Å². The van der Waals surface area contributed by atoms with E-state index >= 15 is 0 Å². The minimum Gasteiger partial charge on any atom is -0.379 e. The third kappa shape index (κ3) is 4.05. The lowest BCUT2D eigenvalue weighted by atomic mass is 10.1. The zero-order valence-corrected chi connectivity index (χ0v) is 14.1. The summed E-state index contributed by atoms with van der Waals surface area (Å²) in [7, 11) is 1.58. The number of anilines is 2. The first-order valence-corrected chi connectivity index (χ1v) is 8.70. The van der Waals surface area contributed by atoms with E-state index in [-0.39, 0.29) is 17.7 Å². The van der Waals surface area contributed by atoms with Crippen LogP contribution in [0.4, 0.5) is 11.8 Å². The Morgan fingerprint density at radius 2 is 2.09 bits per heavy atom. The van der Waals surface area contributed by atoms with Gasteiger partial charge in [0, 0.05) is 38.8 Å². The van der Waals surface area contributed by atoms with E-state index in [4.69, 9.17) is 4.74 Å². The molecule has 0 unspecified atom stereocenters. The number of ether oxygens (including phenoxy) is 1. The molecule has 1 fully saturated rings. The molecule has 9 heteroatoms. The molecule has 2 heterocycles. The minimum atomic E-state index is -3.26. The maximum atomic E-state index is 12.0. The Morgan fingerprint density at radius 1 is 1.36 bits per heavy atom. The van der Waals surface area contributed by atoms with E-state index in [9.17, 15) is 8.42 Å². The van der Waals surface area contributed by atoms with Crippen LogP contribution in [0, 0.1) is 12.8 Å². The molecule has 1 aliphatic rings. The zero-order chi connectivity index (χ0) is 16.3. The van der Waals surface area contributed by atoms with Gasteiger partial charge in [-0.1, -0.05) is 0 Å². The predicted molar refractivity (Wildman–Crippen MR) is 85.5 cm³/mol. The molecule has 1 aromatic rings. The summed E-state index contributed by atoms with van der Waals surface area (Å²) in [5, 5.41) is 6.17. The first kappa shape index (κ1) is 16.9. The summed E-state index contributed by atoms with van der Waals surface area (Å²) in [4.78, 5) is 8.57. The van der Waals surface area contributed by atoms with Gasteiger partial charge in [-0.25, -0.2) is 17.7 Å². The van der Waals surface area contributed by atoms with E-state index in [1.807, 2.05) is 13.0 Å². The number of nitrogens with zero attached hydrogens (tertiary/aromatic N) is 3. The molecule has 124 valence electrons. The molecule has 1 aromatic heterocycles. The van der Waals surface area contributed by atoms with Crippen LogP contribution in [0.2, 0.25) is 0 Å². The van der Waals surface area contributed by atoms with Gasteiger partial charge in [-0.05, 0) is 6.92 Å². The normalized spacial score (nSPS) is 22.0. The maximum Gasteiger partial charge on any atom is 0.224 e.